The van der Waals surface area contributed by atoms with Crippen molar-refractivity contribution in [3.05, 3.63) is 23.5 Å². The summed E-state index contributed by atoms with van der Waals surface area (Å²) in [6, 6.07) is 2.01. The zero-order valence-corrected chi connectivity index (χ0v) is 6.54. The Labute approximate surface area is 65.6 Å². The topological polar surface area (TPSA) is 51.8 Å². The van der Waals surface area contributed by atoms with Crippen LogP contribution < -0.4 is 5.73 Å². The van der Waals surface area contributed by atoms with E-state index >= 15 is 0 Å². The van der Waals surface area contributed by atoms with Gasteiger partial charge in [0.1, 0.15) is 0 Å². The molecule has 1 heterocycles. The summed E-state index contributed by atoms with van der Waals surface area (Å²) >= 11 is 0. The molecule has 0 spiro atoms. The maximum absolute atomic E-state index is 5.93. The summed E-state index contributed by atoms with van der Waals surface area (Å²) in [5.41, 5.74) is 7.87. The van der Waals surface area contributed by atoms with Crippen molar-refractivity contribution in [3.8, 4) is 0 Å². The van der Waals surface area contributed by atoms with Crippen LogP contribution >= 0.6 is 0 Å². The first-order valence-corrected chi connectivity index (χ1v) is 3.79. The molecule has 0 unspecified atom stereocenters. The maximum atomic E-state index is 5.93. The number of aryl methyl sites for hydroxylation is 1. The van der Waals surface area contributed by atoms with Crippen molar-refractivity contribution in [2.75, 3.05) is 0 Å². The average Bonchev–Trinajstić information content (AvgIpc) is 2.70. The molecular formula is C8H11N3. The summed E-state index contributed by atoms with van der Waals surface area (Å²) in [6.07, 6.45) is 3.84. The third-order valence-electron chi connectivity index (χ3n) is 2.09. The van der Waals surface area contributed by atoms with E-state index in [0.29, 0.717) is 0 Å². The monoisotopic (exact) mass is 149 g/mol. The average molecular weight is 149 g/mol. The van der Waals surface area contributed by atoms with Gasteiger partial charge in [-0.2, -0.15) is 10.2 Å². The van der Waals surface area contributed by atoms with Crippen molar-refractivity contribution < 1.29 is 0 Å². The minimum atomic E-state index is -0.140. The van der Waals surface area contributed by atoms with Gasteiger partial charge in [0.05, 0.1) is 17.4 Å². The Morgan fingerprint density at radius 1 is 1.55 bits per heavy atom. The number of nitrogens with two attached hydrogens (primary N) is 1. The normalized spacial score (nSPS) is 19.8. The van der Waals surface area contributed by atoms with Gasteiger partial charge in [0.15, 0.2) is 0 Å². The molecule has 0 amide bonds. The molecule has 58 valence electrons. The van der Waals surface area contributed by atoms with E-state index in [-0.39, 0.29) is 5.54 Å². The van der Waals surface area contributed by atoms with E-state index in [4.69, 9.17) is 5.73 Å². The Morgan fingerprint density at radius 3 is 2.82 bits per heavy atom. The van der Waals surface area contributed by atoms with Crippen LogP contribution in [0.5, 0.6) is 0 Å². The van der Waals surface area contributed by atoms with Gasteiger partial charge in [-0.15, -0.1) is 0 Å². The molecule has 3 heteroatoms. The Balaban J connectivity index is 2.38. The molecule has 1 aromatic rings. The summed E-state index contributed by atoms with van der Waals surface area (Å²) in [5, 5.41) is 7.86. The molecule has 0 saturated heterocycles. The highest BCUT2D eigenvalue weighted by molar-refractivity contribution is 5.23. The fourth-order valence-electron chi connectivity index (χ4n) is 1.10. The van der Waals surface area contributed by atoms with Crippen molar-refractivity contribution in [3.63, 3.8) is 0 Å². The molecule has 1 fully saturated rings. The van der Waals surface area contributed by atoms with Gasteiger partial charge < -0.3 is 5.73 Å². The summed E-state index contributed by atoms with van der Waals surface area (Å²) in [4.78, 5) is 0. The number of hydrogen-bond donors (Lipinski definition) is 1. The molecule has 0 bridgehead atoms. The summed E-state index contributed by atoms with van der Waals surface area (Å²) in [7, 11) is 0. The summed E-state index contributed by atoms with van der Waals surface area (Å²) in [6.45, 7) is 2.00. The molecule has 2 rings (SSSR count). The highest BCUT2D eigenvalue weighted by Crippen LogP contribution is 2.41. The van der Waals surface area contributed by atoms with Crippen LogP contribution in [0.2, 0.25) is 0 Å². The second-order valence-corrected chi connectivity index (χ2v) is 3.27. The minimum Gasteiger partial charge on any atom is -0.320 e. The highest BCUT2D eigenvalue weighted by Gasteiger charge is 2.41. The molecule has 1 saturated carbocycles. The molecule has 3 nitrogen and oxygen atoms in total. The molecule has 0 radical (unpaired) electrons. The van der Waals surface area contributed by atoms with Gasteiger partial charge in [0, 0.05) is 0 Å². The third-order valence-corrected chi connectivity index (χ3v) is 2.09. The van der Waals surface area contributed by atoms with Gasteiger partial charge in [0.2, 0.25) is 0 Å². The second-order valence-electron chi connectivity index (χ2n) is 3.27. The zero-order valence-electron chi connectivity index (χ0n) is 6.54. The number of nitrogens with zero attached hydrogens (tertiary/aromatic N) is 2. The van der Waals surface area contributed by atoms with Crippen molar-refractivity contribution >= 4 is 0 Å². The van der Waals surface area contributed by atoms with Gasteiger partial charge in [-0.1, -0.05) is 0 Å². The third kappa shape index (κ3) is 1.12. The van der Waals surface area contributed by atoms with Crippen LogP contribution in [0.1, 0.15) is 24.1 Å². The van der Waals surface area contributed by atoms with Crippen molar-refractivity contribution in [1.82, 2.24) is 10.2 Å². The fourth-order valence-corrected chi connectivity index (χ4v) is 1.10. The Hall–Kier alpha value is -0.960. The van der Waals surface area contributed by atoms with Gasteiger partial charge in [-0.25, -0.2) is 0 Å². The molecule has 1 aliphatic carbocycles. The van der Waals surface area contributed by atoms with Crippen LogP contribution in [0.3, 0.4) is 0 Å². The molecule has 1 aliphatic rings. The molecule has 0 atom stereocenters. The maximum Gasteiger partial charge on any atom is 0.0832 e. The van der Waals surface area contributed by atoms with Crippen LogP contribution in [-0.2, 0) is 5.54 Å². The Morgan fingerprint density at radius 2 is 2.27 bits per heavy atom. The van der Waals surface area contributed by atoms with E-state index in [1.807, 2.05) is 13.0 Å². The Bertz CT molecular complexity index is 278. The smallest absolute Gasteiger partial charge is 0.0832 e. The van der Waals surface area contributed by atoms with Crippen molar-refractivity contribution in [2.24, 2.45) is 5.73 Å². The van der Waals surface area contributed by atoms with Crippen LogP contribution in [0.25, 0.3) is 0 Å². The van der Waals surface area contributed by atoms with Gasteiger partial charge in [0.25, 0.3) is 0 Å². The lowest BCUT2D eigenvalue weighted by Crippen LogP contribution is -2.20. The molecule has 2 N–H and O–H groups in total. The number of aromatic nitrogens is 2. The van der Waals surface area contributed by atoms with E-state index in [2.05, 4.69) is 10.2 Å². The standard InChI is InChI=1S/C8H11N3/c1-6-4-7(11-10-5-6)8(9)2-3-8/h4-5H,2-3,9H2,1H3. The molecule has 1 aromatic heterocycles. The molecular weight excluding hydrogens is 138 g/mol. The van der Waals surface area contributed by atoms with Crippen LogP contribution in [0.4, 0.5) is 0 Å². The van der Waals surface area contributed by atoms with Gasteiger partial charge in [-0.05, 0) is 31.4 Å². The second kappa shape index (κ2) is 2.01. The summed E-state index contributed by atoms with van der Waals surface area (Å²) < 4.78 is 0. The number of hydrogen-bond acceptors (Lipinski definition) is 3. The van der Waals surface area contributed by atoms with E-state index in [1.54, 1.807) is 6.20 Å². The van der Waals surface area contributed by atoms with Crippen LogP contribution in [0, 0.1) is 6.92 Å². The van der Waals surface area contributed by atoms with Crippen LogP contribution in [0.15, 0.2) is 12.3 Å². The largest absolute Gasteiger partial charge is 0.320 e. The van der Waals surface area contributed by atoms with Gasteiger partial charge >= 0.3 is 0 Å². The predicted molar refractivity (Wildman–Crippen MR) is 41.9 cm³/mol. The van der Waals surface area contributed by atoms with Crippen LogP contribution in [-0.4, -0.2) is 10.2 Å². The van der Waals surface area contributed by atoms with E-state index < -0.39 is 0 Å². The fraction of sp³-hybridized carbons (Fsp3) is 0.500. The summed E-state index contributed by atoms with van der Waals surface area (Å²) in [5.74, 6) is 0. The Kier molecular flexibility index (Phi) is 1.23. The SMILES string of the molecule is Cc1cnnc(C2(N)CC2)c1. The lowest BCUT2D eigenvalue weighted by molar-refractivity contribution is 0.684. The zero-order chi connectivity index (χ0) is 7.90. The molecule has 0 aromatic carbocycles. The number of rotatable bonds is 1. The van der Waals surface area contributed by atoms with Crippen molar-refractivity contribution in [1.29, 1.82) is 0 Å². The van der Waals surface area contributed by atoms with Gasteiger partial charge in [-0.3, -0.25) is 0 Å². The van der Waals surface area contributed by atoms with Crippen molar-refractivity contribution in [2.45, 2.75) is 25.3 Å². The van der Waals surface area contributed by atoms with E-state index in [9.17, 15) is 0 Å². The first-order valence-electron chi connectivity index (χ1n) is 3.79. The minimum absolute atomic E-state index is 0.140. The predicted octanol–water partition coefficient (Wildman–Crippen LogP) is 0.733. The van der Waals surface area contributed by atoms with E-state index in [0.717, 1.165) is 24.1 Å². The molecule has 11 heavy (non-hydrogen) atoms. The lowest BCUT2D eigenvalue weighted by Gasteiger charge is -2.05. The lowest BCUT2D eigenvalue weighted by atomic mass is 10.1. The first kappa shape index (κ1) is 6.73. The highest BCUT2D eigenvalue weighted by atomic mass is 15.1. The van der Waals surface area contributed by atoms with E-state index in [1.165, 1.54) is 0 Å². The molecule has 0 aliphatic heterocycles. The quantitative estimate of drug-likeness (QED) is 0.640. The first-order chi connectivity index (χ1) is 5.21.